The molecule has 0 bridgehead atoms. The topological polar surface area (TPSA) is 64.6 Å². The van der Waals surface area contributed by atoms with Gasteiger partial charge in [0, 0.05) is 13.0 Å². The minimum Gasteiger partial charge on any atom is -0.461 e. The number of benzene rings is 1. The van der Waals surface area contributed by atoms with Crippen LogP contribution in [0.3, 0.4) is 0 Å². The second kappa shape index (κ2) is 20.0. The van der Waals surface area contributed by atoms with Crippen molar-refractivity contribution in [1.29, 1.82) is 0 Å². The van der Waals surface area contributed by atoms with Crippen LogP contribution >= 0.6 is 0 Å². The molecular formula is C32H55NO4. The first-order valence-corrected chi connectivity index (χ1v) is 15.0. The zero-order valence-electron chi connectivity index (χ0n) is 24.6. The van der Waals surface area contributed by atoms with E-state index in [1.807, 2.05) is 20.8 Å². The number of alkyl carbamates (subject to hydrolysis) is 1. The van der Waals surface area contributed by atoms with E-state index in [0.717, 1.165) is 50.5 Å². The zero-order valence-corrected chi connectivity index (χ0v) is 24.6. The van der Waals surface area contributed by atoms with Gasteiger partial charge in [-0.25, -0.2) is 4.79 Å². The average Bonchev–Trinajstić information content (AvgIpc) is 2.84. The number of nitrogens with one attached hydrogen (secondary N) is 1. The van der Waals surface area contributed by atoms with Crippen LogP contribution in [0.25, 0.3) is 0 Å². The summed E-state index contributed by atoms with van der Waals surface area (Å²) in [6.45, 7) is 11.1. The van der Waals surface area contributed by atoms with E-state index in [2.05, 4.69) is 37.4 Å². The molecule has 1 aromatic rings. The number of rotatable bonds is 20. The molecule has 0 saturated heterocycles. The number of esters is 1. The quantitative estimate of drug-likeness (QED) is 0.139. The van der Waals surface area contributed by atoms with Crippen molar-refractivity contribution in [2.75, 3.05) is 6.54 Å². The molecule has 0 aliphatic carbocycles. The Kier molecular flexibility index (Phi) is 17.8. The molecule has 37 heavy (non-hydrogen) atoms. The molecular weight excluding hydrogens is 462 g/mol. The first-order chi connectivity index (χ1) is 17.7. The lowest BCUT2D eigenvalue weighted by Gasteiger charge is -2.19. The monoisotopic (exact) mass is 517 g/mol. The minimum absolute atomic E-state index is 0.107. The van der Waals surface area contributed by atoms with Gasteiger partial charge in [-0.15, -0.1) is 0 Å². The number of carbonyl (C=O) groups excluding carboxylic acids is 2. The third-order valence-corrected chi connectivity index (χ3v) is 6.38. The molecule has 1 rings (SSSR count). The maximum atomic E-state index is 12.3. The predicted octanol–water partition coefficient (Wildman–Crippen LogP) is 8.84. The van der Waals surface area contributed by atoms with Crippen LogP contribution in [0.2, 0.25) is 0 Å². The number of ether oxygens (including phenoxy) is 2. The Morgan fingerprint density at radius 2 is 1.22 bits per heavy atom. The van der Waals surface area contributed by atoms with Gasteiger partial charge in [0.2, 0.25) is 0 Å². The summed E-state index contributed by atoms with van der Waals surface area (Å²) in [6.07, 6.45) is 17.3. The number of hydrogen-bond acceptors (Lipinski definition) is 4. The Morgan fingerprint density at radius 1 is 0.703 bits per heavy atom. The van der Waals surface area contributed by atoms with E-state index < -0.39 is 5.60 Å². The second-order valence-corrected chi connectivity index (χ2v) is 11.4. The number of unbranched alkanes of at least 4 members (excludes halogenated alkanes) is 10. The SMILES string of the molecule is CCCCCCc1cc(CCCCCC)cc(COC(=O)CCCCCCCNC(=O)OC(C)(C)C)c1. The van der Waals surface area contributed by atoms with Crippen molar-refractivity contribution in [3.63, 3.8) is 0 Å². The molecule has 0 radical (unpaired) electrons. The third kappa shape index (κ3) is 18.8. The van der Waals surface area contributed by atoms with Crippen LogP contribution in [0.4, 0.5) is 4.79 Å². The van der Waals surface area contributed by atoms with Gasteiger partial charge in [0.25, 0.3) is 0 Å². The van der Waals surface area contributed by atoms with Crippen LogP contribution in [0.1, 0.15) is 141 Å². The lowest BCUT2D eigenvalue weighted by molar-refractivity contribution is -0.145. The van der Waals surface area contributed by atoms with Gasteiger partial charge in [-0.3, -0.25) is 4.79 Å². The maximum Gasteiger partial charge on any atom is 0.407 e. The molecule has 1 aromatic carbocycles. The van der Waals surface area contributed by atoms with E-state index in [1.54, 1.807) is 0 Å². The van der Waals surface area contributed by atoms with E-state index in [-0.39, 0.29) is 12.1 Å². The van der Waals surface area contributed by atoms with Crippen molar-refractivity contribution in [1.82, 2.24) is 5.32 Å². The summed E-state index contributed by atoms with van der Waals surface area (Å²) in [4.78, 5) is 23.9. The van der Waals surface area contributed by atoms with Crippen molar-refractivity contribution < 1.29 is 19.1 Å². The fraction of sp³-hybridized carbons (Fsp3) is 0.750. The van der Waals surface area contributed by atoms with Crippen molar-refractivity contribution in [3.05, 3.63) is 34.9 Å². The second-order valence-electron chi connectivity index (χ2n) is 11.4. The summed E-state index contributed by atoms with van der Waals surface area (Å²) in [5, 5.41) is 2.79. The molecule has 1 N–H and O–H groups in total. The molecule has 0 fully saturated rings. The number of hydrogen-bond donors (Lipinski definition) is 1. The van der Waals surface area contributed by atoms with Gasteiger partial charge in [0.1, 0.15) is 12.2 Å². The highest BCUT2D eigenvalue weighted by molar-refractivity contribution is 5.69. The summed E-state index contributed by atoms with van der Waals surface area (Å²) in [5.41, 5.74) is 3.43. The van der Waals surface area contributed by atoms with E-state index in [1.165, 1.54) is 62.5 Å². The molecule has 5 nitrogen and oxygen atoms in total. The summed E-state index contributed by atoms with van der Waals surface area (Å²) in [5.74, 6) is -0.107. The van der Waals surface area contributed by atoms with Crippen LogP contribution in [-0.4, -0.2) is 24.2 Å². The van der Waals surface area contributed by atoms with Crippen LogP contribution in [0.15, 0.2) is 18.2 Å². The van der Waals surface area contributed by atoms with E-state index in [0.29, 0.717) is 19.6 Å². The Morgan fingerprint density at radius 3 is 1.78 bits per heavy atom. The maximum absolute atomic E-state index is 12.3. The molecule has 212 valence electrons. The number of aryl methyl sites for hydroxylation is 2. The number of amides is 1. The zero-order chi connectivity index (χ0) is 27.4. The Bertz CT molecular complexity index is 723. The van der Waals surface area contributed by atoms with E-state index in [9.17, 15) is 9.59 Å². The first kappa shape index (κ1) is 33.0. The minimum atomic E-state index is -0.466. The van der Waals surface area contributed by atoms with Crippen LogP contribution < -0.4 is 5.32 Å². The fourth-order valence-electron chi connectivity index (χ4n) is 4.39. The van der Waals surface area contributed by atoms with Gasteiger partial charge < -0.3 is 14.8 Å². The molecule has 0 atom stereocenters. The Hall–Kier alpha value is -2.04. The normalized spacial score (nSPS) is 11.4. The van der Waals surface area contributed by atoms with E-state index in [4.69, 9.17) is 9.47 Å². The van der Waals surface area contributed by atoms with Crippen molar-refractivity contribution in [2.45, 2.75) is 150 Å². The first-order valence-electron chi connectivity index (χ1n) is 15.0. The molecule has 0 aliphatic heterocycles. The highest BCUT2D eigenvalue weighted by atomic mass is 16.6. The predicted molar refractivity (Wildman–Crippen MR) is 154 cm³/mol. The lowest BCUT2D eigenvalue weighted by atomic mass is 9.98. The molecule has 1 amide bonds. The standard InChI is InChI=1S/C32H55NO4/c1-6-8-10-15-19-27-23-28(20-16-11-9-7-2)25-29(24-27)26-36-30(34)21-17-13-12-14-18-22-33-31(35)37-32(3,4)5/h23-25H,6-22,26H2,1-5H3,(H,33,35). The van der Waals surface area contributed by atoms with Crippen molar-refractivity contribution >= 4 is 12.1 Å². The van der Waals surface area contributed by atoms with E-state index >= 15 is 0 Å². The summed E-state index contributed by atoms with van der Waals surface area (Å²) < 4.78 is 10.9. The molecule has 5 heteroatoms. The molecule has 0 spiro atoms. The van der Waals surface area contributed by atoms with Gasteiger partial charge in [-0.05, 0) is 76.0 Å². The van der Waals surface area contributed by atoms with Gasteiger partial charge in [-0.2, -0.15) is 0 Å². The van der Waals surface area contributed by atoms with Gasteiger partial charge >= 0.3 is 12.1 Å². The lowest BCUT2D eigenvalue weighted by Crippen LogP contribution is -2.32. The van der Waals surface area contributed by atoms with Crippen LogP contribution in [-0.2, 0) is 33.7 Å². The van der Waals surface area contributed by atoms with Gasteiger partial charge in [-0.1, -0.05) is 89.8 Å². The van der Waals surface area contributed by atoms with Crippen molar-refractivity contribution in [3.8, 4) is 0 Å². The average molecular weight is 518 g/mol. The smallest absolute Gasteiger partial charge is 0.407 e. The molecule has 0 saturated carbocycles. The van der Waals surface area contributed by atoms with Crippen LogP contribution in [0.5, 0.6) is 0 Å². The largest absolute Gasteiger partial charge is 0.461 e. The highest BCUT2D eigenvalue weighted by Gasteiger charge is 2.15. The Labute approximate surface area is 227 Å². The number of carbonyl (C=O) groups is 2. The summed E-state index contributed by atoms with van der Waals surface area (Å²) in [7, 11) is 0. The molecule has 0 heterocycles. The molecule has 0 unspecified atom stereocenters. The summed E-state index contributed by atoms with van der Waals surface area (Å²) >= 11 is 0. The summed E-state index contributed by atoms with van der Waals surface area (Å²) in [6, 6.07) is 6.84. The fourth-order valence-corrected chi connectivity index (χ4v) is 4.39. The third-order valence-electron chi connectivity index (χ3n) is 6.38. The van der Waals surface area contributed by atoms with Crippen LogP contribution in [0, 0.1) is 0 Å². The molecule has 0 aromatic heterocycles. The van der Waals surface area contributed by atoms with Gasteiger partial charge in [0.15, 0.2) is 0 Å². The Balaban J connectivity index is 2.32. The van der Waals surface area contributed by atoms with Gasteiger partial charge in [0.05, 0.1) is 0 Å². The van der Waals surface area contributed by atoms with Crippen molar-refractivity contribution in [2.24, 2.45) is 0 Å². The molecule has 0 aliphatic rings. The highest BCUT2D eigenvalue weighted by Crippen LogP contribution is 2.18.